The first kappa shape index (κ1) is 29.3. The number of hydrogen-bond acceptors (Lipinski definition) is 7. The molecule has 12 nitrogen and oxygen atoms in total. The normalized spacial score (nSPS) is 16.8. The summed E-state index contributed by atoms with van der Waals surface area (Å²) in [6.07, 6.45) is -1.40. The van der Waals surface area contributed by atoms with Crippen LogP contribution in [-0.2, 0) is 24.0 Å². The summed E-state index contributed by atoms with van der Waals surface area (Å²) in [6.45, 7) is 8.25. The lowest BCUT2D eigenvalue weighted by Crippen LogP contribution is -2.59. The molecule has 0 bridgehead atoms. The third-order valence-corrected chi connectivity index (χ3v) is 4.95. The topological polar surface area (TPSA) is 208 Å². The quantitative estimate of drug-likeness (QED) is 0.166. The lowest BCUT2D eigenvalue weighted by molar-refractivity contribution is -0.144. The molecule has 0 fully saturated rings. The van der Waals surface area contributed by atoms with Crippen molar-refractivity contribution >= 4 is 29.7 Å². The predicted molar refractivity (Wildman–Crippen MR) is 114 cm³/mol. The van der Waals surface area contributed by atoms with Crippen LogP contribution in [-0.4, -0.2) is 75.3 Å². The molecule has 8 N–H and O–H groups in total. The molecule has 0 aromatic rings. The first-order chi connectivity index (χ1) is 14.7. The zero-order valence-electron chi connectivity index (χ0n) is 19.1. The van der Waals surface area contributed by atoms with E-state index >= 15 is 0 Å². The van der Waals surface area contributed by atoms with Crippen molar-refractivity contribution < 1.29 is 39.3 Å². The molecule has 0 aromatic carbocycles. The number of carbonyl (C=O) groups is 5. The highest BCUT2D eigenvalue weighted by Crippen LogP contribution is 2.10. The molecule has 0 aliphatic rings. The van der Waals surface area contributed by atoms with Gasteiger partial charge < -0.3 is 37.0 Å². The SMILES string of the molecule is CCC(C)C(NC(=O)C(N)C(C)O)C(=O)NC(CC(=O)O)C(=O)NC(CC(C)C)C(=O)O. The Morgan fingerprint density at radius 2 is 1.38 bits per heavy atom. The van der Waals surface area contributed by atoms with E-state index in [1.807, 2.05) is 0 Å². The van der Waals surface area contributed by atoms with Crippen molar-refractivity contribution in [3.8, 4) is 0 Å². The van der Waals surface area contributed by atoms with Gasteiger partial charge in [0, 0.05) is 0 Å². The maximum atomic E-state index is 12.8. The molecule has 0 saturated heterocycles. The average Bonchev–Trinajstić information content (AvgIpc) is 2.68. The van der Waals surface area contributed by atoms with Crippen molar-refractivity contribution in [1.29, 1.82) is 0 Å². The van der Waals surface area contributed by atoms with Gasteiger partial charge in [-0.3, -0.25) is 19.2 Å². The lowest BCUT2D eigenvalue weighted by Gasteiger charge is -2.28. The minimum Gasteiger partial charge on any atom is -0.481 e. The molecule has 0 saturated carbocycles. The summed E-state index contributed by atoms with van der Waals surface area (Å²) in [4.78, 5) is 60.3. The van der Waals surface area contributed by atoms with Crippen LogP contribution in [0.3, 0.4) is 0 Å². The maximum absolute atomic E-state index is 12.8. The second-order valence-electron chi connectivity index (χ2n) is 8.33. The van der Waals surface area contributed by atoms with Gasteiger partial charge in [-0.05, 0) is 25.2 Å². The first-order valence-electron chi connectivity index (χ1n) is 10.5. The Morgan fingerprint density at radius 3 is 1.78 bits per heavy atom. The van der Waals surface area contributed by atoms with E-state index < -0.39 is 72.3 Å². The lowest BCUT2D eigenvalue weighted by atomic mass is 9.97. The van der Waals surface area contributed by atoms with Crippen LogP contribution in [0.4, 0.5) is 0 Å². The predicted octanol–water partition coefficient (Wildman–Crippen LogP) is -1.20. The molecule has 32 heavy (non-hydrogen) atoms. The van der Waals surface area contributed by atoms with Gasteiger partial charge in [0.05, 0.1) is 12.5 Å². The van der Waals surface area contributed by atoms with Gasteiger partial charge in [-0.15, -0.1) is 0 Å². The fourth-order valence-corrected chi connectivity index (χ4v) is 2.78. The number of amides is 3. The van der Waals surface area contributed by atoms with Crippen LogP contribution < -0.4 is 21.7 Å². The van der Waals surface area contributed by atoms with Gasteiger partial charge in [0.25, 0.3) is 0 Å². The summed E-state index contributed by atoms with van der Waals surface area (Å²) in [6, 6.07) is -5.28. The van der Waals surface area contributed by atoms with E-state index in [1.165, 1.54) is 6.92 Å². The van der Waals surface area contributed by atoms with Gasteiger partial charge in [-0.1, -0.05) is 34.1 Å². The Kier molecular flexibility index (Phi) is 12.5. The molecule has 0 spiro atoms. The summed E-state index contributed by atoms with van der Waals surface area (Å²) in [5, 5.41) is 34.9. The molecule has 0 aromatic heterocycles. The third-order valence-electron chi connectivity index (χ3n) is 4.95. The molecular formula is C20H36N4O8. The summed E-state index contributed by atoms with van der Waals surface area (Å²) >= 11 is 0. The van der Waals surface area contributed by atoms with Gasteiger partial charge in [0.15, 0.2) is 0 Å². The highest BCUT2D eigenvalue weighted by molar-refractivity contribution is 5.95. The summed E-state index contributed by atoms with van der Waals surface area (Å²) in [5.74, 6) is -5.74. The Labute approximate surface area is 187 Å². The van der Waals surface area contributed by atoms with E-state index in [0.29, 0.717) is 6.42 Å². The van der Waals surface area contributed by atoms with Crippen molar-refractivity contribution in [2.45, 2.75) is 84.2 Å². The highest BCUT2D eigenvalue weighted by Gasteiger charge is 2.34. The van der Waals surface area contributed by atoms with Crippen LogP contribution in [0, 0.1) is 11.8 Å². The second-order valence-corrected chi connectivity index (χ2v) is 8.33. The number of aliphatic hydroxyl groups excluding tert-OH is 1. The van der Waals surface area contributed by atoms with Crippen LogP contribution >= 0.6 is 0 Å². The number of nitrogens with two attached hydrogens (primary N) is 1. The maximum Gasteiger partial charge on any atom is 0.326 e. The van der Waals surface area contributed by atoms with Crippen LogP contribution in [0.15, 0.2) is 0 Å². The number of carbonyl (C=O) groups excluding carboxylic acids is 3. The molecule has 184 valence electrons. The van der Waals surface area contributed by atoms with E-state index in [-0.39, 0.29) is 12.3 Å². The Morgan fingerprint density at radius 1 is 0.844 bits per heavy atom. The monoisotopic (exact) mass is 460 g/mol. The van der Waals surface area contributed by atoms with Crippen LogP contribution in [0.25, 0.3) is 0 Å². The number of carboxylic acids is 2. The summed E-state index contributed by atoms with van der Waals surface area (Å²) in [7, 11) is 0. The molecule has 6 atom stereocenters. The minimum atomic E-state index is -1.57. The van der Waals surface area contributed by atoms with E-state index in [4.69, 9.17) is 10.8 Å². The minimum absolute atomic E-state index is 0.0629. The van der Waals surface area contributed by atoms with Crippen LogP contribution in [0.1, 0.15) is 53.9 Å². The van der Waals surface area contributed by atoms with Crippen LogP contribution in [0.2, 0.25) is 0 Å². The van der Waals surface area contributed by atoms with Crippen molar-refractivity contribution in [2.75, 3.05) is 0 Å². The molecule has 0 rings (SSSR count). The number of aliphatic hydroxyl groups is 1. The molecule has 0 radical (unpaired) electrons. The van der Waals surface area contributed by atoms with Crippen LogP contribution in [0.5, 0.6) is 0 Å². The molecule has 3 amide bonds. The number of carboxylic acid groups (broad SMARTS) is 2. The van der Waals surface area contributed by atoms with Crippen molar-refractivity contribution in [3.05, 3.63) is 0 Å². The molecule has 0 aliphatic heterocycles. The fraction of sp³-hybridized carbons (Fsp3) is 0.750. The standard InChI is InChI=1S/C20H36N4O8/c1-6-10(4)16(24-18(29)15(21)11(5)25)19(30)22-12(8-14(26)27)17(28)23-13(20(31)32)7-9(2)3/h9-13,15-16,25H,6-8,21H2,1-5H3,(H,22,30)(H,23,28)(H,24,29)(H,26,27)(H,31,32). The largest absolute Gasteiger partial charge is 0.481 e. The molecule has 0 heterocycles. The van der Waals surface area contributed by atoms with E-state index in [1.54, 1.807) is 27.7 Å². The molecule has 6 unspecified atom stereocenters. The van der Waals surface area contributed by atoms with Gasteiger partial charge in [0.2, 0.25) is 17.7 Å². The Balaban J connectivity index is 5.59. The molecule has 0 aliphatic carbocycles. The Hall–Kier alpha value is -2.73. The van der Waals surface area contributed by atoms with Gasteiger partial charge in [0.1, 0.15) is 24.2 Å². The van der Waals surface area contributed by atoms with Crippen molar-refractivity contribution in [2.24, 2.45) is 17.6 Å². The molecule has 12 heteroatoms. The van der Waals surface area contributed by atoms with Crippen molar-refractivity contribution in [1.82, 2.24) is 16.0 Å². The Bertz CT molecular complexity index is 683. The fourth-order valence-electron chi connectivity index (χ4n) is 2.78. The van der Waals surface area contributed by atoms with Gasteiger partial charge in [-0.25, -0.2) is 4.79 Å². The number of rotatable bonds is 14. The number of nitrogens with one attached hydrogen (secondary N) is 3. The molecular weight excluding hydrogens is 424 g/mol. The van der Waals surface area contributed by atoms with Gasteiger partial charge >= 0.3 is 11.9 Å². The summed E-state index contributed by atoms with van der Waals surface area (Å²) in [5.41, 5.74) is 5.60. The highest BCUT2D eigenvalue weighted by atomic mass is 16.4. The number of aliphatic carboxylic acids is 2. The smallest absolute Gasteiger partial charge is 0.326 e. The van der Waals surface area contributed by atoms with Gasteiger partial charge in [-0.2, -0.15) is 0 Å². The van der Waals surface area contributed by atoms with E-state index in [0.717, 1.165) is 0 Å². The van der Waals surface area contributed by atoms with E-state index in [9.17, 15) is 34.2 Å². The second kappa shape index (κ2) is 13.6. The summed E-state index contributed by atoms with van der Waals surface area (Å²) < 4.78 is 0. The third kappa shape index (κ3) is 10.1. The zero-order chi connectivity index (χ0) is 25.2. The van der Waals surface area contributed by atoms with Crippen molar-refractivity contribution in [3.63, 3.8) is 0 Å². The zero-order valence-corrected chi connectivity index (χ0v) is 19.1. The number of hydrogen-bond donors (Lipinski definition) is 7. The van der Waals surface area contributed by atoms with E-state index in [2.05, 4.69) is 16.0 Å². The first-order valence-corrected chi connectivity index (χ1v) is 10.5. The average molecular weight is 461 g/mol.